The zero-order valence-electron chi connectivity index (χ0n) is 10.6. The average Bonchev–Trinajstić information content (AvgIpc) is 2.86. The highest BCUT2D eigenvalue weighted by atomic mass is 16.3. The molecule has 1 aliphatic rings. The van der Waals surface area contributed by atoms with Crippen LogP contribution in [0, 0.1) is 18.8 Å². The predicted molar refractivity (Wildman–Crippen MR) is 65.5 cm³/mol. The molecular formula is C13H20N2O2. The molecule has 2 heterocycles. The first-order chi connectivity index (χ1) is 8.08. The molecule has 0 spiro atoms. The van der Waals surface area contributed by atoms with Gasteiger partial charge in [-0.1, -0.05) is 6.92 Å². The predicted octanol–water partition coefficient (Wildman–Crippen LogP) is 1.62. The summed E-state index contributed by atoms with van der Waals surface area (Å²) in [6, 6.07) is 3.76. The third-order valence-corrected chi connectivity index (χ3v) is 3.40. The molecule has 0 bridgehead atoms. The van der Waals surface area contributed by atoms with Crippen LogP contribution in [0.15, 0.2) is 16.5 Å². The van der Waals surface area contributed by atoms with Crippen molar-refractivity contribution in [3.8, 4) is 0 Å². The molecular weight excluding hydrogens is 216 g/mol. The first-order valence-corrected chi connectivity index (χ1v) is 6.15. The lowest BCUT2D eigenvalue weighted by Gasteiger charge is -2.17. The Labute approximate surface area is 102 Å². The molecule has 3 atom stereocenters. The zero-order chi connectivity index (χ0) is 12.4. The highest BCUT2D eigenvalue weighted by molar-refractivity contribution is 5.79. The maximum absolute atomic E-state index is 12.1. The standard InChI is InChI=1S/C13H20N2O2/c1-8-6-14-7-11(8)13(16)15-10(3)12-5-4-9(2)17-12/h4-5,8,10-11,14H,6-7H2,1-3H3,(H,15,16). The monoisotopic (exact) mass is 236 g/mol. The van der Waals surface area contributed by atoms with E-state index in [0.717, 1.165) is 24.6 Å². The van der Waals surface area contributed by atoms with Crippen molar-refractivity contribution in [2.75, 3.05) is 13.1 Å². The number of hydrogen-bond donors (Lipinski definition) is 2. The number of furan rings is 1. The summed E-state index contributed by atoms with van der Waals surface area (Å²) in [6.07, 6.45) is 0. The summed E-state index contributed by atoms with van der Waals surface area (Å²) >= 11 is 0. The summed E-state index contributed by atoms with van der Waals surface area (Å²) in [5.41, 5.74) is 0. The molecule has 94 valence electrons. The fourth-order valence-electron chi connectivity index (χ4n) is 2.24. The molecule has 17 heavy (non-hydrogen) atoms. The van der Waals surface area contributed by atoms with Gasteiger partial charge in [-0.25, -0.2) is 0 Å². The van der Waals surface area contributed by atoms with Gasteiger partial charge in [-0.15, -0.1) is 0 Å². The lowest BCUT2D eigenvalue weighted by Crippen LogP contribution is -2.35. The van der Waals surface area contributed by atoms with Gasteiger partial charge in [-0.05, 0) is 38.4 Å². The third-order valence-electron chi connectivity index (χ3n) is 3.40. The molecule has 0 aromatic carbocycles. The van der Waals surface area contributed by atoms with Gasteiger partial charge in [0.05, 0.1) is 12.0 Å². The highest BCUT2D eigenvalue weighted by Gasteiger charge is 2.30. The third kappa shape index (κ3) is 2.69. The van der Waals surface area contributed by atoms with Crippen LogP contribution in [0.3, 0.4) is 0 Å². The molecule has 1 saturated heterocycles. The Balaban J connectivity index is 1.94. The zero-order valence-corrected chi connectivity index (χ0v) is 10.6. The molecule has 2 rings (SSSR count). The highest BCUT2D eigenvalue weighted by Crippen LogP contribution is 2.19. The Morgan fingerprint density at radius 3 is 2.82 bits per heavy atom. The van der Waals surface area contributed by atoms with Crippen molar-refractivity contribution in [2.45, 2.75) is 26.8 Å². The van der Waals surface area contributed by atoms with Crippen LogP contribution >= 0.6 is 0 Å². The number of amides is 1. The fraction of sp³-hybridized carbons (Fsp3) is 0.615. The molecule has 4 nitrogen and oxygen atoms in total. The van der Waals surface area contributed by atoms with Crippen LogP contribution in [0.25, 0.3) is 0 Å². The minimum atomic E-state index is -0.0657. The van der Waals surface area contributed by atoms with Crippen molar-refractivity contribution in [2.24, 2.45) is 11.8 Å². The molecule has 3 unspecified atom stereocenters. The van der Waals surface area contributed by atoms with Crippen molar-refractivity contribution < 1.29 is 9.21 Å². The molecule has 1 aromatic heterocycles. The minimum Gasteiger partial charge on any atom is -0.464 e. The van der Waals surface area contributed by atoms with Crippen molar-refractivity contribution in [1.29, 1.82) is 0 Å². The van der Waals surface area contributed by atoms with Crippen LogP contribution in [-0.2, 0) is 4.79 Å². The number of aryl methyl sites for hydroxylation is 1. The SMILES string of the molecule is Cc1ccc(C(C)NC(=O)C2CNCC2C)o1. The molecule has 0 aliphatic carbocycles. The number of rotatable bonds is 3. The molecule has 0 saturated carbocycles. The molecule has 1 amide bonds. The van der Waals surface area contributed by atoms with Gasteiger partial charge in [0.1, 0.15) is 11.5 Å². The first kappa shape index (κ1) is 12.2. The van der Waals surface area contributed by atoms with Crippen LogP contribution in [0.5, 0.6) is 0 Å². The lowest BCUT2D eigenvalue weighted by molar-refractivity contribution is -0.126. The summed E-state index contributed by atoms with van der Waals surface area (Å²) < 4.78 is 5.51. The summed E-state index contributed by atoms with van der Waals surface area (Å²) in [7, 11) is 0. The van der Waals surface area contributed by atoms with Crippen LogP contribution in [0.2, 0.25) is 0 Å². The van der Waals surface area contributed by atoms with E-state index in [0.29, 0.717) is 5.92 Å². The Morgan fingerprint density at radius 1 is 1.53 bits per heavy atom. The Bertz CT molecular complexity index is 400. The van der Waals surface area contributed by atoms with Crippen LogP contribution in [0.1, 0.15) is 31.4 Å². The van der Waals surface area contributed by atoms with E-state index in [9.17, 15) is 4.79 Å². The maximum atomic E-state index is 12.1. The van der Waals surface area contributed by atoms with Crippen molar-refractivity contribution >= 4 is 5.91 Å². The van der Waals surface area contributed by atoms with E-state index >= 15 is 0 Å². The van der Waals surface area contributed by atoms with E-state index in [1.807, 2.05) is 26.0 Å². The number of nitrogens with one attached hydrogen (secondary N) is 2. The van der Waals surface area contributed by atoms with E-state index < -0.39 is 0 Å². The van der Waals surface area contributed by atoms with E-state index in [-0.39, 0.29) is 17.9 Å². The van der Waals surface area contributed by atoms with Gasteiger partial charge in [0.25, 0.3) is 0 Å². The summed E-state index contributed by atoms with van der Waals surface area (Å²) in [5, 5.41) is 6.25. The Morgan fingerprint density at radius 2 is 2.29 bits per heavy atom. The normalized spacial score (nSPS) is 25.8. The minimum absolute atomic E-state index is 0.0657. The lowest BCUT2D eigenvalue weighted by atomic mass is 9.97. The Hall–Kier alpha value is -1.29. The summed E-state index contributed by atoms with van der Waals surface area (Å²) in [6.45, 7) is 7.65. The summed E-state index contributed by atoms with van der Waals surface area (Å²) in [5.74, 6) is 2.28. The van der Waals surface area contributed by atoms with Crippen molar-refractivity contribution in [1.82, 2.24) is 10.6 Å². The van der Waals surface area contributed by atoms with Crippen LogP contribution in [0.4, 0.5) is 0 Å². The molecule has 1 aromatic rings. The number of hydrogen-bond acceptors (Lipinski definition) is 3. The average molecular weight is 236 g/mol. The van der Waals surface area contributed by atoms with Gasteiger partial charge in [0.2, 0.25) is 5.91 Å². The number of carbonyl (C=O) groups excluding carboxylic acids is 1. The summed E-state index contributed by atoms with van der Waals surface area (Å²) in [4.78, 5) is 12.1. The van der Waals surface area contributed by atoms with Crippen molar-refractivity contribution in [3.63, 3.8) is 0 Å². The van der Waals surface area contributed by atoms with Gasteiger partial charge >= 0.3 is 0 Å². The van der Waals surface area contributed by atoms with E-state index in [1.165, 1.54) is 0 Å². The van der Waals surface area contributed by atoms with Gasteiger partial charge in [-0.2, -0.15) is 0 Å². The second-order valence-electron chi connectivity index (χ2n) is 4.92. The molecule has 4 heteroatoms. The largest absolute Gasteiger partial charge is 0.464 e. The fourth-order valence-corrected chi connectivity index (χ4v) is 2.24. The van der Waals surface area contributed by atoms with Gasteiger partial charge in [0.15, 0.2) is 0 Å². The quantitative estimate of drug-likeness (QED) is 0.838. The molecule has 2 N–H and O–H groups in total. The van der Waals surface area contributed by atoms with E-state index in [4.69, 9.17) is 4.42 Å². The van der Waals surface area contributed by atoms with E-state index in [2.05, 4.69) is 17.6 Å². The smallest absolute Gasteiger partial charge is 0.225 e. The number of carbonyl (C=O) groups is 1. The Kier molecular flexibility index (Phi) is 3.52. The van der Waals surface area contributed by atoms with Crippen LogP contribution in [-0.4, -0.2) is 19.0 Å². The first-order valence-electron chi connectivity index (χ1n) is 6.15. The molecule has 0 radical (unpaired) electrons. The van der Waals surface area contributed by atoms with Crippen molar-refractivity contribution in [3.05, 3.63) is 23.7 Å². The van der Waals surface area contributed by atoms with E-state index in [1.54, 1.807) is 0 Å². The maximum Gasteiger partial charge on any atom is 0.225 e. The molecule has 1 aliphatic heterocycles. The molecule has 1 fully saturated rings. The van der Waals surface area contributed by atoms with Crippen LogP contribution < -0.4 is 10.6 Å². The van der Waals surface area contributed by atoms with Gasteiger partial charge in [-0.3, -0.25) is 4.79 Å². The van der Waals surface area contributed by atoms with Gasteiger partial charge < -0.3 is 15.1 Å². The topological polar surface area (TPSA) is 54.3 Å². The van der Waals surface area contributed by atoms with Gasteiger partial charge in [0, 0.05) is 6.54 Å². The second-order valence-corrected chi connectivity index (χ2v) is 4.92. The second kappa shape index (κ2) is 4.92.